The molecule has 2 unspecified atom stereocenters. The number of methoxy groups -OCH3 is 2. The number of carbonyl (C=O) groups is 1. The van der Waals surface area contributed by atoms with Gasteiger partial charge in [0.15, 0.2) is 11.5 Å². The smallest absolute Gasteiger partial charge is 0.223 e. The molecule has 1 amide bonds. The van der Waals surface area contributed by atoms with Crippen molar-refractivity contribution in [3.05, 3.63) is 23.8 Å². The Labute approximate surface area is 125 Å². The van der Waals surface area contributed by atoms with Crippen LogP contribution in [-0.4, -0.2) is 39.0 Å². The Morgan fingerprint density at radius 1 is 1.29 bits per heavy atom. The van der Waals surface area contributed by atoms with E-state index in [0.717, 1.165) is 30.0 Å². The maximum Gasteiger partial charge on any atom is 0.223 e. The lowest BCUT2D eigenvalue weighted by Gasteiger charge is -2.30. The van der Waals surface area contributed by atoms with Crippen molar-refractivity contribution in [1.82, 2.24) is 16.0 Å². The quantitative estimate of drug-likeness (QED) is 0.717. The summed E-state index contributed by atoms with van der Waals surface area (Å²) in [5.74, 6) is 1.53. The van der Waals surface area contributed by atoms with Gasteiger partial charge in [-0.05, 0) is 31.0 Å². The molecule has 6 nitrogen and oxygen atoms in total. The van der Waals surface area contributed by atoms with Crippen LogP contribution in [0.25, 0.3) is 0 Å². The number of benzene rings is 1. The SMILES string of the molecule is COc1ccc(CCNC2NC(=O)CC(C)N2)cc1OC. The highest BCUT2D eigenvalue weighted by molar-refractivity contribution is 5.77. The predicted molar refractivity (Wildman–Crippen MR) is 80.4 cm³/mol. The average molecular weight is 293 g/mol. The molecule has 0 saturated carbocycles. The van der Waals surface area contributed by atoms with Crippen LogP contribution in [0.4, 0.5) is 0 Å². The summed E-state index contributed by atoms with van der Waals surface area (Å²) in [4.78, 5) is 11.4. The molecule has 1 aromatic rings. The van der Waals surface area contributed by atoms with Gasteiger partial charge in [0.1, 0.15) is 6.29 Å². The summed E-state index contributed by atoms with van der Waals surface area (Å²) >= 11 is 0. The zero-order valence-corrected chi connectivity index (χ0v) is 12.7. The van der Waals surface area contributed by atoms with Gasteiger partial charge in [0.25, 0.3) is 0 Å². The maximum absolute atomic E-state index is 11.4. The minimum atomic E-state index is -0.165. The summed E-state index contributed by atoms with van der Waals surface area (Å²) in [6, 6.07) is 6.07. The molecule has 1 saturated heterocycles. The molecule has 1 heterocycles. The molecule has 6 heteroatoms. The first-order valence-electron chi connectivity index (χ1n) is 7.12. The number of hydrogen-bond acceptors (Lipinski definition) is 5. The zero-order chi connectivity index (χ0) is 15.2. The van der Waals surface area contributed by atoms with E-state index in [-0.39, 0.29) is 18.2 Å². The van der Waals surface area contributed by atoms with Crippen molar-refractivity contribution < 1.29 is 14.3 Å². The third kappa shape index (κ3) is 4.34. The fraction of sp³-hybridized carbons (Fsp3) is 0.533. The van der Waals surface area contributed by atoms with Crippen molar-refractivity contribution in [1.29, 1.82) is 0 Å². The van der Waals surface area contributed by atoms with Crippen molar-refractivity contribution in [3.63, 3.8) is 0 Å². The van der Waals surface area contributed by atoms with E-state index in [0.29, 0.717) is 6.42 Å². The van der Waals surface area contributed by atoms with E-state index in [1.807, 2.05) is 25.1 Å². The molecule has 0 aromatic heterocycles. The molecular formula is C15H23N3O3. The number of amides is 1. The summed E-state index contributed by atoms with van der Waals surface area (Å²) in [7, 11) is 3.25. The molecule has 0 aliphatic carbocycles. The second kappa shape index (κ2) is 7.28. The number of ether oxygens (including phenoxy) is 2. The molecule has 3 N–H and O–H groups in total. The zero-order valence-electron chi connectivity index (χ0n) is 12.7. The molecule has 0 radical (unpaired) electrons. The Kier molecular flexibility index (Phi) is 5.41. The predicted octanol–water partition coefficient (Wildman–Crippen LogP) is 0.618. The maximum atomic E-state index is 11.4. The van der Waals surface area contributed by atoms with Gasteiger partial charge in [-0.1, -0.05) is 6.07 Å². The summed E-state index contributed by atoms with van der Waals surface area (Å²) in [5, 5.41) is 9.44. The van der Waals surface area contributed by atoms with E-state index < -0.39 is 0 Å². The van der Waals surface area contributed by atoms with Crippen LogP contribution in [0.15, 0.2) is 18.2 Å². The van der Waals surface area contributed by atoms with Crippen molar-refractivity contribution in [2.45, 2.75) is 32.1 Å². The van der Waals surface area contributed by atoms with Crippen LogP contribution in [0.1, 0.15) is 18.9 Å². The highest BCUT2D eigenvalue weighted by Gasteiger charge is 2.21. The molecule has 1 aliphatic heterocycles. The van der Waals surface area contributed by atoms with Crippen molar-refractivity contribution in [2.75, 3.05) is 20.8 Å². The molecule has 0 bridgehead atoms. The normalized spacial score (nSPS) is 21.8. The molecule has 1 fully saturated rings. The molecule has 0 spiro atoms. The van der Waals surface area contributed by atoms with Crippen LogP contribution in [-0.2, 0) is 11.2 Å². The van der Waals surface area contributed by atoms with Crippen molar-refractivity contribution in [2.24, 2.45) is 0 Å². The fourth-order valence-electron chi connectivity index (χ4n) is 2.39. The van der Waals surface area contributed by atoms with E-state index in [1.165, 1.54) is 0 Å². The van der Waals surface area contributed by atoms with E-state index >= 15 is 0 Å². The monoisotopic (exact) mass is 293 g/mol. The van der Waals surface area contributed by atoms with E-state index in [2.05, 4.69) is 16.0 Å². The Morgan fingerprint density at radius 3 is 2.71 bits per heavy atom. The van der Waals surface area contributed by atoms with Gasteiger partial charge in [-0.2, -0.15) is 0 Å². The minimum absolute atomic E-state index is 0.0740. The van der Waals surface area contributed by atoms with Gasteiger partial charge in [0, 0.05) is 19.0 Å². The van der Waals surface area contributed by atoms with E-state index in [1.54, 1.807) is 14.2 Å². The molecule has 2 rings (SSSR count). The second-order valence-corrected chi connectivity index (χ2v) is 5.17. The number of hydrogen-bond donors (Lipinski definition) is 3. The first-order valence-corrected chi connectivity index (χ1v) is 7.12. The first kappa shape index (κ1) is 15.6. The Balaban J connectivity index is 1.84. The number of nitrogens with one attached hydrogen (secondary N) is 3. The van der Waals surface area contributed by atoms with Crippen molar-refractivity contribution >= 4 is 5.91 Å². The van der Waals surface area contributed by atoms with Gasteiger partial charge < -0.3 is 14.8 Å². The third-order valence-electron chi connectivity index (χ3n) is 3.46. The topological polar surface area (TPSA) is 71.6 Å². The van der Waals surface area contributed by atoms with Crippen LogP contribution < -0.4 is 25.4 Å². The summed E-state index contributed by atoms with van der Waals surface area (Å²) < 4.78 is 10.5. The fourth-order valence-corrected chi connectivity index (χ4v) is 2.39. The summed E-state index contributed by atoms with van der Waals surface area (Å²) in [6.45, 7) is 2.75. The van der Waals surface area contributed by atoms with Crippen LogP contribution in [0.5, 0.6) is 11.5 Å². The minimum Gasteiger partial charge on any atom is -0.493 e. The Hall–Kier alpha value is -1.79. The van der Waals surface area contributed by atoms with Crippen LogP contribution in [0, 0.1) is 0 Å². The van der Waals surface area contributed by atoms with Gasteiger partial charge in [-0.15, -0.1) is 0 Å². The number of rotatable bonds is 6. The second-order valence-electron chi connectivity index (χ2n) is 5.17. The third-order valence-corrected chi connectivity index (χ3v) is 3.46. The molecule has 1 aromatic carbocycles. The lowest BCUT2D eigenvalue weighted by Crippen LogP contribution is -2.62. The highest BCUT2D eigenvalue weighted by Crippen LogP contribution is 2.27. The van der Waals surface area contributed by atoms with E-state index in [4.69, 9.17) is 9.47 Å². The van der Waals surface area contributed by atoms with Crippen LogP contribution in [0.2, 0.25) is 0 Å². The van der Waals surface area contributed by atoms with Gasteiger partial charge >= 0.3 is 0 Å². The standard InChI is InChI=1S/C15H23N3O3/c1-10-8-14(19)18-15(17-10)16-7-6-11-4-5-12(20-2)13(9-11)21-3/h4-5,9-10,15-17H,6-8H2,1-3H3,(H,18,19). The van der Waals surface area contributed by atoms with Crippen LogP contribution in [0.3, 0.4) is 0 Å². The Morgan fingerprint density at radius 2 is 2.05 bits per heavy atom. The average Bonchev–Trinajstić information content (AvgIpc) is 2.46. The lowest BCUT2D eigenvalue weighted by atomic mass is 10.1. The first-order chi connectivity index (χ1) is 10.1. The van der Waals surface area contributed by atoms with Gasteiger partial charge in [-0.25, -0.2) is 0 Å². The molecule has 1 aliphatic rings. The Bertz CT molecular complexity index is 493. The molecular weight excluding hydrogens is 270 g/mol. The molecule has 116 valence electrons. The highest BCUT2D eigenvalue weighted by atomic mass is 16.5. The van der Waals surface area contributed by atoms with E-state index in [9.17, 15) is 4.79 Å². The van der Waals surface area contributed by atoms with Crippen molar-refractivity contribution in [3.8, 4) is 11.5 Å². The largest absolute Gasteiger partial charge is 0.493 e. The molecule has 2 atom stereocenters. The van der Waals surface area contributed by atoms with Gasteiger partial charge in [0.2, 0.25) is 5.91 Å². The number of carbonyl (C=O) groups excluding carboxylic acids is 1. The van der Waals surface area contributed by atoms with Crippen LogP contribution >= 0.6 is 0 Å². The lowest BCUT2D eigenvalue weighted by molar-refractivity contribution is -0.124. The van der Waals surface area contributed by atoms with Gasteiger partial charge in [-0.3, -0.25) is 15.4 Å². The summed E-state index contributed by atoms with van der Waals surface area (Å²) in [5.41, 5.74) is 1.15. The summed E-state index contributed by atoms with van der Waals surface area (Å²) in [6.07, 6.45) is 1.19. The molecule has 21 heavy (non-hydrogen) atoms. The van der Waals surface area contributed by atoms with Gasteiger partial charge in [0.05, 0.1) is 14.2 Å².